The number of rotatable bonds is 4. The molecule has 1 heterocycles. The fourth-order valence-electron chi connectivity index (χ4n) is 2.49. The second-order valence-corrected chi connectivity index (χ2v) is 7.01. The van der Waals surface area contributed by atoms with Gasteiger partial charge in [-0.1, -0.05) is 18.2 Å². The Morgan fingerprint density at radius 1 is 1.22 bits per heavy atom. The molecule has 1 saturated heterocycles. The molecule has 23 heavy (non-hydrogen) atoms. The van der Waals surface area contributed by atoms with Crippen LogP contribution in [-0.2, 0) is 9.53 Å². The lowest BCUT2D eigenvalue weighted by Crippen LogP contribution is -2.42. The van der Waals surface area contributed by atoms with E-state index in [4.69, 9.17) is 4.74 Å². The van der Waals surface area contributed by atoms with E-state index in [9.17, 15) is 9.59 Å². The lowest BCUT2D eigenvalue weighted by Gasteiger charge is -2.34. The van der Waals surface area contributed by atoms with Crippen molar-refractivity contribution < 1.29 is 14.3 Å². The van der Waals surface area contributed by atoms with Crippen molar-refractivity contribution in [2.24, 2.45) is 5.92 Å². The standard InChI is InChI=1S/C18H30N2O3/c1-6-7-8-9-16(21)20-12-10-15(11-13-20)14-19(5)17(22)23-18(2,3)4/h6-9,15H,10-14H2,1-5H3/b7-6+,9-8+. The van der Waals surface area contributed by atoms with Crippen molar-refractivity contribution in [2.45, 2.75) is 46.1 Å². The van der Waals surface area contributed by atoms with Gasteiger partial charge in [0.15, 0.2) is 0 Å². The van der Waals surface area contributed by atoms with Gasteiger partial charge in [0, 0.05) is 32.8 Å². The maximum Gasteiger partial charge on any atom is 0.410 e. The lowest BCUT2D eigenvalue weighted by molar-refractivity contribution is -0.127. The molecule has 0 radical (unpaired) electrons. The van der Waals surface area contributed by atoms with Gasteiger partial charge in [-0.25, -0.2) is 4.79 Å². The molecule has 1 fully saturated rings. The van der Waals surface area contributed by atoms with E-state index in [1.165, 1.54) is 0 Å². The first kappa shape index (κ1) is 19.3. The number of hydrogen-bond donors (Lipinski definition) is 0. The monoisotopic (exact) mass is 322 g/mol. The van der Waals surface area contributed by atoms with Crippen molar-refractivity contribution in [1.29, 1.82) is 0 Å². The summed E-state index contributed by atoms with van der Waals surface area (Å²) in [6.07, 6.45) is 8.65. The van der Waals surface area contributed by atoms with Crippen LogP contribution in [0.25, 0.3) is 0 Å². The molecule has 0 N–H and O–H groups in total. The second-order valence-electron chi connectivity index (χ2n) is 7.01. The van der Waals surface area contributed by atoms with Gasteiger partial charge in [0.1, 0.15) is 5.60 Å². The first-order chi connectivity index (χ1) is 10.7. The van der Waals surface area contributed by atoms with E-state index in [2.05, 4.69) is 0 Å². The average Bonchev–Trinajstić information content (AvgIpc) is 2.46. The third kappa shape index (κ3) is 7.35. The molecular formula is C18H30N2O3. The van der Waals surface area contributed by atoms with Gasteiger partial charge in [0.2, 0.25) is 5.91 Å². The highest BCUT2D eigenvalue weighted by Gasteiger charge is 2.25. The molecule has 5 heteroatoms. The Kier molecular flexibility index (Phi) is 7.33. The number of hydrogen-bond acceptors (Lipinski definition) is 3. The largest absolute Gasteiger partial charge is 0.444 e. The topological polar surface area (TPSA) is 49.9 Å². The lowest BCUT2D eigenvalue weighted by atomic mass is 9.96. The third-order valence-corrected chi connectivity index (χ3v) is 3.71. The van der Waals surface area contributed by atoms with Crippen LogP contribution in [0.3, 0.4) is 0 Å². The van der Waals surface area contributed by atoms with Gasteiger partial charge in [0.05, 0.1) is 0 Å². The fourth-order valence-corrected chi connectivity index (χ4v) is 2.49. The van der Waals surface area contributed by atoms with Gasteiger partial charge in [-0.3, -0.25) is 4.79 Å². The zero-order valence-electron chi connectivity index (χ0n) is 15.0. The Labute approximate surface area is 140 Å². The van der Waals surface area contributed by atoms with Gasteiger partial charge in [-0.15, -0.1) is 0 Å². The molecule has 1 aliphatic heterocycles. The van der Waals surface area contributed by atoms with Gasteiger partial charge in [-0.05, 0) is 46.5 Å². The molecule has 0 aromatic carbocycles. The summed E-state index contributed by atoms with van der Waals surface area (Å²) < 4.78 is 5.36. The Bertz CT molecular complexity index is 455. The van der Waals surface area contributed by atoms with E-state index in [-0.39, 0.29) is 12.0 Å². The predicted octanol–water partition coefficient (Wildman–Crippen LogP) is 3.22. The number of piperidine rings is 1. The number of likely N-dealkylation sites (tertiary alicyclic amines) is 1. The number of amides is 2. The quantitative estimate of drug-likeness (QED) is 0.590. The highest BCUT2D eigenvalue weighted by molar-refractivity contribution is 5.87. The number of carbonyl (C=O) groups is 2. The van der Waals surface area contributed by atoms with Crippen molar-refractivity contribution in [2.75, 3.05) is 26.7 Å². The second kappa shape index (κ2) is 8.75. The van der Waals surface area contributed by atoms with E-state index >= 15 is 0 Å². The summed E-state index contributed by atoms with van der Waals surface area (Å²) in [5.41, 5.74) is -0.472. The summed E-state index contributed by atoms with van der Waals surface area (Å²) in [5.74, 6) is 0.470. The minimum Gasteiger partial charge on any atom is -0.444 e. The highest BCUT2D eigenvalue weighted by atomic mass is 16.6. The van der Waals surface area contributed by atoms with E-state index in [0.29, 0.717) is 12.5 Å². The normalized spacial score (nSPS) is 17.0. The van der Waals surface area contributed by atoms with Crippen molar-refractivity contribution in [3.63, 3.8) is 0 Å². The average molecular weight is 322 g/mol. The predicted molar refractivity (Wildman–Crippen MR) is 92.1 cm³/mol. The zero-order chi connectivity index (χ0) is 17.5. The molecule has 0 unspecified atom stereocenters. The van der Waals surface area contributed by atoms with Crippen LogP contribution in [0.1, 0.15) is 40.5 Å². The van der Waals surface area contributed by atoms with Crippen LogP contribution in [0.2, 0.25) is 0 Å². The Morgan fingerprint density at radius 2 is 1.83 bits per heavy atom. The van der Waals surface area contributed by atoms with Crippen LogP contribution in [-0.4, -0.2) is 54.1 Å². The molecule has 1 aliphatic rings. The maximum absolute atomic E-state index is 12.0. The van der Waals surface area contributed by atoms with Gasteiger partial charge < -0.3 is 14.5 Å². The molecule has 0 saturated carbocycles. The Morgan fingerprint density at radius 3 is 2.35 bits per heavy atom. The molecule has 0 aromatic rings. The molecule has 130 valence electrons. The van der Waals surface area contributed by atoms with E-state index in [1.807, 2.05) is 44.7 Å². The minimum absolute atomic E-state index is 0.0575. The third-order valence-electron chi connectivity index (χ3n) is 3.71. The maximum atomic E-state index is 12.0. The summed E-state index contributed by atoms with van der Waals surface area (Å²) in [6, 6.07) is 0. The Hall–Kier alpha value is -1.78. The van der Waals surface area contributed by atoms with Crippen LogP contribution in [0.15, 0.2) is 24.3 Å². The minimum atomic E-state index is -0.472. The number of nitrogens with zero attached hydrogens (tertiary/aromatic N) is 2. The van der Waals surface area contributed by atoms with Crippen molar-refractivity contribution in [3.05, 3.63) is 24.3 Å². The summed E-state index contributed by atoms with van der Waals surface area (Å²) in [6.45, 7) is 9.67. The van der Waals surface area contributed by atoms with Crippen LogP contribution < -0.4 is 0 Å². The van der Waals surface area contributed by atoms with Gasteiger partial charge >= 0.3 is 6.09 Å². The number of ether oxygens (including phenoxy) is 1. The summed E-state index contributed by atoms with van der Waals surface area (Å²) in [7, 11) is 1.77. The molecule has 0 atom stereocenters. The van der Waals surface area contributed by atoms with Gasteiger partial charge in [-0.2, -0.15) is 0 Å². The smallest absolute Gasteiger partial charge is 0.410 e. The molecule has 0 spiro atoms. The van der Waals surface area contributed by atoms with E-state index < -0.39 is 5.60 Å². The fraction of sp³-hybridized carbons (Fsp3) is 0.667. The van der Waals surface area contributed by atoms with Gasteiger partial charge in [0.25, 0.3) is 0 Å². The molecule has 1 rings (SSSR count). The van der Waals surface area contributed by atoms with E-state index in [1.54, 1.807) is 24.1 Å². The van der Waals surface area contributed by atoms with E-state index in [0.717, 1.165) is 25.9 Å². The summed E-state index contributed by atoms with van der Waals surface area (Å²) in [4.78, 5) is 27.5. The molecule has 0 aromatic heterocycles. The van der Waals surface area contributed by atoms with Crippen molar-refractivity contribution >= 4 is 12.0 Å². The SMILES string of the molecule is C/C=C/C=C/C(=O)N1CCC(CN(C)C(=O)OC(C)(C)C)CC1. The Balaban J connectivity index is 2.39. The number of carbonyl (C=O) groups excluding carboxylic acids is 2. The molecule has 0 bridgehead atoms. The van der Waals surface area contributed by atoms with Crippen LogP contribution in [0.5, 0.6) is 0 Å². The number of allylic oxidation sites excluding steroid dienone is 3. The van der Waals surface area contributed by atoms with Crippen LogP contribution in [0.4, 0.5) is 4.79 Å². The first-order valence-electron chi connectivity index (χ1n) is 8.25. The molecule has 2 amide bonds. The molecule has 0 aliphatic carbocycles. The molecular weight excluding hydrogens is 292 g/mol. The molecule has 5 nitrogen and oxygen atoms in total. The summed E-state index contributed by atoms with van der Waals surface area (Å²) in [5, 5.41) is 0. The summed E-state index contributed by atoms with van der Waals surface area (Å²) >= 11 is 0. The van der Waals surface area contributed by atoms with Crippen LogP contribution in [0, 0.1) is 5.92 Å². The van der Waals surface area contributed by atoms with Crippen molar-refractivity contribution in [1.82, 2.24) is 9.80 Å². The zero-order valence-corrected chi connectivity index (χ0v) is 15.0. The first-order valence-corrected chi connectivity index (χ1v) is 8.25. The van der Waals surface area contributed by atoms with Crippen molar-refractivity contribution in [3.8, 4) is 0 Å². The highest BCUT2D eigenvalue weighted by Crippen LogP contribution is 2.19. The van der Waals surface area contributed by atoms with Crippen LogP contribution >= 0.6 is 0 Å².